The maximum atomic E-state index is 13.2. The van der Waals surface area contributed by atoms with Crippen LogP contribution < -0.4 is 9.80 Å². The summed E-state index contributed by atoms with van der Waals surface area (Å²) in [5, 5.41) is 11.4. The molecule has 2 aromatic carbocycles. The Morgan fingerprint density at radius 3 is 2.29 bits per heavy atom. The fraction of sp³-hybridized carbons (Fsp3) is 0.458. The highest BCUT2D eigenvalue weighted by Crippen LogP contribution is 2.33. The number of nitro benzene ring substituents is 1. The molecule has 0 saturated carbocycles. The molecular formula is C24H31N5O5S. The lowest BCUT2D eigenvalue weighted by Crippen LogP contribution is -2.36. The molecule has 0 amide bonds. The Balaban J connectivity index is 1.73. The molecule has 0 spiro atoms. The molecule has 4 rings (SSSR count). The first-order chi connectivity index (χ1) is 16.8. The van der Waals surface area contributed by atoms with Gasteiger partial charge in [0.1, 0.15) is 4.90 Å². The van der Waals surface area contributed by atoms with Crippen LogP contribution in [0.3, 0.4) is 0 Å². The highest BCUT2D eigenvalue weighted by Gasteiger charge is 2.25. The number of piperidine rings is 1. The van der Waals surface area contributed by atoms with Gasteiger partial charge >= 0.3 is 0 Å². The molecule has 11 heteroatoms. The van der Waals surface area contributed by atoms with Gasteiger partial charge in [-0.25, -0.2) is 12.7 Å². The summed E-state index contributed by atoms with van der Waals surface area (Å²) in [5.41, 5.74) is 2.54. The van der Waals surface area contributed by atoms with Gasteiger partial charge < -0.3 is 14.5 Å². The number of sulfonamides is 1. The highest BCUT2D eigenvalue weighted by molar-refractivity contribution is 7.89. The van der Waals surface area contributed by atoms with Crippen molar-refractivity contribution in [2.75, 3.05) is 63.3 Å². The summed E-state index contributed by atoms with van der Waals surface area (Å²) in [6, 6.07) is 9.89. The van der Waals surface area contributed by atoms with Crippen LogP contribution in [0.4, 0.5) is 22.7 Å². The fourth-order valence-electron chi connectivity index (χ4n) is 4.38. The zero-order valence-electron chi connectivity index (χ0n) is 20.1. The van der Waals surface area contributed by atoms with Crippen LogP contribution in [0.2, 0.25) is 0 Å². The molecule has 188 valence electrons. The molecule has 2 fully saturated rings. The van der Waals surface area contributed by atoms with E-state index in [2.05, 4.69) is 14.8 Å². The summed E-state index contributed by atoms with van der Waals surface area (Å²) in [6.45, 7) is 4.14. The molecule has 2 aliphatic rings. The number of anilines is 2. The van der Waals surface area contributed by atoms with Crippen molar-refractivity contribution in [1.29, 1.82) is 0 Å². The van der Waals surface area contributed by atoms with E-state index in [9.17, 15) is 18.5 Å². The SMILES string of the molecule is CN(C)S(=O)(=O)c1cc(N=Cc2cc([N+](=O)[O-])ccc2N2CCOCC2)ccc1N1CCCCC1. The van der Waals surface area contributed by atoms with Crippen molar-refractivity contribution in [2.45, 2.75) is 24.2 Å². The summed E-state index contributed by atoms with van der Waals surface area (Å²) in [5.74, 6) is 0. The summed E-state index contributed by atoms with van der Waals surface area (Å²) >= 11 is 0. The number of nitro groups is 1. The third-order valence-corrected chi connectivity index (χ3v) is 8.17. The molecule has 0 aromatic heterocycles. The second-order valence-electron chi connectivity index (χ2n) is 8.85. The van der Waals surface area contributed by atoms with Crippen LogP contribution in [0.15, 0.2) is 46.3 Å². The molecule has 0 bridgehead atoms. The maximum absolute atomic E-state index is 13.2. The van der Waals surface area contributed by atoms with E-state index in [0.717, 1.165) is 38.0 Å². The lowest BCUT2D eigenvalue weighted by molar-refractivity contribution is -0.384. The number of hydrogen-bond donors (Lipinski definition) is 0. The predicted molar refractivity (Wildman–Crippen MR) is 137 cm³/mol. The average Bonchev–Trinajstić information content (AvgIpc) is 2.88. The highest BCUT2D eigenvalue weighted by atomic mass is 32.2. The Morgan fingerprint density at radius 2 is 1.63 bits per heavy atom. The zero-order valence-corrected chi connectivity index (χ0v) is 20.9. The van der Waals surface area contributed by atoms with Gasteiger partial charge in [0.2, 0.25) is 10.0 Å². The molecule has 35 heavy (non-hydrogen) atoms. The van der Waals surface area contributed by atoms with Crippen LogP contribution >= 0.6 is 0 Å². The summed E-state index contributed by atoms with van der Waals surface area (Å²) in [6.07, 6.45) is 4.76. The minimum Gasteiger partial charge on any atom is -0.378 e. The molecule has 0 aliphatic carbocycles. The van der Waals surface area contributed by atoms with Gasteiger partial charge in [0.05, 0.1) is 29.5 Å². The smallest absolute Gasteiger partial charge is 0.270 e. The van der Waals surface area contributed by atoms with Crippen molar-refractivity contribution in [2.24, 2.45) is 4.99 Å². The minimum atomic E-state index is -3.70. The van der Waals surface area contributed by atoms with Gasteiger partial charge in [0, 0.05) is 69.9 Å². The monoisotopic (exact) mass is 501 g/mol. The van der Waals surface area contributed by atoms with Gasteiger partial charge in [-0.1, -0.05) is 0 Å². The number of nitrogens with zero attached hydrogens (tertiary/aromatic N) is 5. The van der Waals surface area contributed by atoms with Crippen molar-refractivity contribution in [3.05, 3.63) is 52.1 Å². The van der Waals surface area contributed by atoms with E-state index < -0.39 is 14.9 Å². The molecule has 10 nitrogen and oxygen atoms in total. The lowest BCUT2D eigenvalue weighted by Gasteiger charge is -2.31. The number of aliphatic imine (C=N–C) groups is 1. The van der Waals surface area contributed by atoms with Crippen molar-refractivity contribution in [3.63, 3.8) is 0 Å². The Kier molecular flexibility index (Phi) is 7.68. The van der Waals surface area contributed by atoms with Crippen molar-refractivity contribution >= 4 is 39.0 Å². The second kappa shape index (κ2) is 10.7. The fourth-order valence-corrected chi connectivity index (χ4v) is 5.50. The van der Waals surface area contributed by atoms with Crippen molar-refractivity contribution < 1.29 is 18.1 Å². The van der Waals surface area contributed by atoms with Crippen LogP contribution in [-0.2, 0) is 14.8 Å². The summed E-state index contributed by atoms with van der Waals surface area (Å²) < 4.78 is 33.0. The lowest BCUT2D eigenvalue weighted by atomic mass is 10.1. The Labute approximate surface area is 206 Å². The number of rotatable bonds is 7. The van der Waals surface area contributed by atoms with Crippen LogP contribution in [0, 0.1) is 10.1 Å². The van der Waals surface area contributed by atoms with Gasteiger partial charge in [-0.3, -0.25) is 15.1 Å². The first-order valence-corrected chi connectivity index (χ1v) is 13.2. The summed E-state index contributed by atoms with van der Waals surface area (Å²) in [4.78, 5) is 19.9. The van der Waals surface area contributed by atoms with Crippen molar-refractivity contribution in [3.8, 4) is 0 Å². The average molecular weight is 502 g/mol. The van der Waals surface area contributed by atoms with Crippen molar-refractivity contribution in [1.82, 2.24) is 4.31 Å². The Morgan fingerprint density at radius 1 is 0.971 bits per heavy atom. The van der Waals surface area contributed by atoms with Gasteiger partial charge in [0.15, 0.2) is 0 Å². The number of benzene rings is 2. The topological polar surface area (TPSA) is 109 Å². The van der Waals surface area contributed by atoms with Crippen LogP contribution in [0.5, 0.6) is 0 Å². The molecule has 0 unspecified atom stereocenters. The number of morpholine rings is 1. The number of non-ortho nitro benzene ring substituents is 1. The first kappa shape index (κ1) is 25.1. The third kappa shape index (κ3) is 5.63. The number of hydrogen-bond acceptors (Lipinski definition) is 8. The molecule has 0 atom stereocenters. The quantitative estimate of drug-likeness (QED) is 0.325. The van der Waals surface area contributed by atoms with E-state index in [1.165, 1.54) is 30.5 Å². The van der Waals surface area contributed by atoms with E-state index in [1.807, 2.05) is 6.07 Å². The summed E-state index contributed by atoms with van der Waals surface area (Å²) in [7, 11) is -0.666. The van der Waals surface area contributed by atoms with E-state index >= 15 is 0 Å². The standard InChI is InChI=1S/C24H31N5O5S/c1-26(2)35(32,33)24-17-20(6-8-23(24)27-10-4-3-5-11-27)25-18-19-16-21(29(30)31)7-9-22(19)28-12-14-34-15-13-28/h6-9,16-18H,3-5,10-15H2,1-2H3. The molecule has 2 heterocycles. The normalized spacial score (nSPS) is 17.3. The molecular weight excluding hydrogens is 470 g/mol. The predicted octanol–water partition coefficient (Wildman–Crippen LogP) is 3.42. The number of ether oxygens (including phenoxy) is 1. The molecule has 0 radical (unpaired) electrons. The molecule has 2 saturated heterocycles. The van der Waals surface area contributed by atoms with Crippen LogP contribution in [-0.4, -0.2) is 77.3 Å². The van der Waals surface area contributed by atoms with Gasteiger partial charge in [-0.2, -0.15) is 0 Å². The van der Waals surface area contributed by atoms with E-state index in [1.54, 1.807) is 24.4 Å². The molecule has 2 aliphatic heterocycles. The second-order valence-corrected chi connectivity index (χ2v) is 11.0. The molecule has 2 aromatic rings. The van der Waals surface area contributed by atoms with Gasteiger partial charge in [-0.15, -0.1) is 0 Å². The van der Waals surface area contributed by atoms with Crippen LogP contribution in [0.25, 0.3) is 0 Å². The largest absolute Gasteiger partial charge is 0.378 e. The van der Waals surface area contributed by atoms with Crippen LogP contribution in [0.1, 0.15) is 24.8 Å². The Bertz CT molecular complexity index is 1200. The zero-order chi connectivity index (χ0) is 25.0. The minimum absolute atomic E-state index is 0.0280. The van der Waals surface area contributed by atoms with E-state index in [0.29, 0.717) is 43.2 Å². The Hall–Kier alpha value is -3.02. The van der Waals surface area contributed by atoms with Gasteiger partial charge in [-0.05, 0) is 43.5 Å². The van der Waals surface area contributed by atoms with E-state index in [-0.39, 0.29) is 10.6 Å². The molecule has 0 N–H and O–H groups in total. The third-order valence-electron chi connectivity index (χ3n) is 6.33. The van der Waals surface area contributed by atoms with E-state index in [4.69, 9.17) is 4.74 Å². The first-order valence-electron chi connectivity index (χ1n) is 11.7. The maximum Gasteiger partial charge on any atom is 0.270 e. The van der Waals surface area contributed by atoms with Gasteiger partial charge in [0.25, 0.3) is 5.69 Å².